The molecule has 0 aliphatic heterocycles. The van der Waals surface area contributed by atoms with Gasteiger partial charge in [-0.25, -0.2) is 13.4 Å². The molecule has 0 spiro atoms. The van der Waals surface area contributed by atoms with Gasteiger partial charge in [0.15, 0.2) is 15.0 Å². The molecule has 1 atom stereocenters. The summed E-state index contributed by atoms with van der Waals surface area (Å²) in [5.74, 6) is -0.899. The van der Waals surface area contributed by atoms with Crippen LogP contribution in [-0.4, -0.2) is 43.2 Å². The van der Waals surface area contributed by atoms with Crippen LogP contribution in [0.1, 0.15) is 39.3 Å². The molecule has 0 radical (unpaired) electrons. The highest BCUT2D eigenvalue weighted by atomic mass is 35.5. The second kappa shape index (κ2) is 9.64. The number of carbonyl (C=O) groups is 2. The number of nitrogens with zero attached hydrogens (tertiary/aromatic N) is 1. The lowest BCUT2D eigenvalue weighted by Gasteiger charge is -2.22. The van der Waals surface area contributed by atoms with Gasteiger partial charge in [0.2, 0.25) is 5.91 Å². The van der Waals surface area contributed by atoms with Crippen LogP contribution in [-0.2, 0) is 24.2 Å². The summed E-state index contributed by atoms with van der Waals surface area (Å²) in [5, 5.41) is 3.19. The molecule has 2 rings (SSSR count). The van der Waals surface area contributed by atoms with Gasteiger partial charge in [0, 0.05) is 12.7 Å². The molecular formula is C20H26ClN3O5S2. The molecule has 1 unspecified atom stereocenters. The molecule has 8 nitrogen and oxygen atoms in total. The highest BCUT2D eigenvalue weighted by Gasteiger charge is 2.23. The number of aromatic nitrogens is 1. The van der Waals surface area contributed by atoms with Crippen molar-refractivity contribution in [2.45, 2.75) is 57.1 Å². The molecule has 0 saturated carbocycles. The van der Waals surface area contributed by atoms with E-state index >= 15 is 0 Å². The molecule has 0 aliphatic rings. The average Bonchev–Trinajstić information content (AvgIpc) is 2.97. The van der Waals surface area contributed by atoms with E-state index in [1.54, 1.807) is 33.8 Å². The van der Waals surface area contributed by atoms with Crippen LogP contribution in [0.25, 0.3) is 10.4 Å². The van der Waals surface area contributed by atoms with Crippen LogP contribution >= 0.6 is 22.9 Å². The summed E-state index contributed by atoms with van der Waals surface area (Å²) in [4.78, 5) is 29.3. The second-order valence-corrected chi connectivity index (χ2v) is 11.5. The smallest absolute Gasteiger partial charge is 0.323 e. The molecule has 170 valence electrons. The topological polar surface area (TPSA) is 128 Å². The molecule has 1 heterocycles. The number of nitrogens with two attached hydrogens (primary N) is 1. The number of nitrogens with one attached hydrogen (secondary N) is 1. The normalized spacial score (nSPS) is 13.0. The van der Waals surface area contributed by atoms with Crippen molar-refractivity contribution in [3.8, 4) is 10.4 Å². The van der Waals surface area contributed by atoms with Crippen molar-refractivity contribution in [1.29, 1.82) is 0 Å². The van der Waals surface area contributed by atoms with E-state index in [-0.39, 0.29) is 28.7 Å². The number of hydrogen-bond acceptors (Lipinski definition) is 8. The first-order valence-electron chi connectivity index (χ1n) is 9.43. The van der Waals surface area contributed by atoms with Gasteiger partial charge in [-0.2, -0.15) is 0 Å². The number of amides is 1. The fraction of sp³-hybridized carbons (Fsp3) is 0.450. The molecule has 2 aromatic rings. The predicted octanol–water partition coefficient (Wildman–Crippen LogP) is 3.56. The Bertz CT molecular complexity index is 1090. The number of anilines is 1. The Hall–Kier alpha value is -2.01. The van der Waals surface area contributed by atoms with Gasteiger partial charge in [0.1, 0.15) is 11.6 Å². The van der Waals surface area contributed by atoms with Crippen LogP contribution in [0, 0.1) is 6.92 Å². The largest absolute Gasteiger partial charge is 0.459 e. The van der Waals surface area contributed by atoms with Crippen molar-refractivity contribution in [2.75, 3.05) is 11.6 Å². The third-order valence-electron chi connectivity index (χ3n) is 4.03. The van der Waals surface area contributed by atoms with Crippen LogP contribution in [0.5, 0.6) is 0 Å². The second-order valence-electron chi connectivity index (χ2n) is 8.08. The number of thiazole rings is 1. The summed E-state index contributed by atoms with van der Waals surface area (Å²) in [6.45, 7) is 6.99. The number of esters is 1. The van der Waals surface area contributed by atoms with E-state index in [1.807, 2.05) is 0 Å². The Labute approximate surface area is 191 Å². The van der Waals surface area contributed by atoms with Crippen molar-refractivity contribution in [1.82, 2.24) is 4.98 Å². The quantitative estimate of drug-likeness (QED) is 0.571. The Kier molecular flexibility index (Phi) is 7.85. The lowest BCUT2D eigenvalue weighted by Crippen LogP contribution is -2.37. The number of ether oxygens (including phenoxy) is 1. The number of carbonyl (C=O) groups excluding carboxylic acids is 2. The summed E-state index contributed by atoms with van der Waals surface area (Å²) >= 11 is 7.22. The van der Waals surface area contributed by atoms with E-state index in [0.29, 0.717) is 21.3 Å². The number of benzene rings is 1. The Morgan fingerprint density at radius 2 is 1.97 bits per heavy atom. The lowest BCUT2D eigenvalue weighted by atomic mass is 10.1. The highest BCUT2D eigenvalue weighted by Crippen LogP contribution is 2.35. The number of rotatable bonds is 7. The summed E-state index contributed by atoms with van der Waals surface area (Å²) in [6, 6.07) is 3.80. The molecular weight excluding hydrogens is 462 g/mol. The van der Waals surface area contributed by atoms with E-state index < -0.39 is 27.4 Å². The van der Waals surface area contributed by atoms with Crippen LogP contribution in [0.15, 0.2) is 23.1 Å². The fourth-order valence-electron chi connectivity index (χ4n) is 2.61. The van der Waals surface area contributed by atoms with Crippen molar-refractivity contribution in [2.24, 2.45) is 5.73 Å². The minimum Gasteiger partial charge on any atom is -0.459 e. The minimum absolute atomic E-state index is 0.0214. The molecule has 3 N–H and O–H groups in total. The summed E-state index contributed by atoms with van der Waals surface area (Å²) in [5.41, 5.74) is 6.42. The van der Waals surface area contributed by atoms with E-state index in [2.05, 4.69) is 10.3 Å². The van der Waals surface area contributed by atoms with Crippen molar-refractivity contribution >= 4 is 49.8 Å². The van der Waals surface area contributed by atoms with Crippen molar-refractivity contribution in [3.05, 3.63) is 28.9 Å². The van der Waals surface area contributed by atoms with Gasteiger partial charge in [-0.15, -0.1) is 0 Å². The Morgan fingerprint density at radius 3 is 2.55 bits per heavy atom. The van der Waals surface area contributed by atoms with E-state index in [4.69, 9.17) is 22.1 Å². The third kappa shape index (κ3) is 7.27. The van der Waals surface area contributed by atoms with Gasteiger partial charge in [-0.05, 0) is 51.8 Å². The Balaban J connectivity index is 2.07. The highest BCUT2D eigenvalue weighted by molar-refractivity contribution is 7.90. The molecule has 0 aliphatic carbocycles. The number of halogens is 1. The zero-order chi connectivity index (χ0) is 23.6. The zero-order valence-corrected chi connectivity index (χ0v) is 20.4. The molecule has 1 aromatic heterocycles. The first-order valence-corrected chi connectivity index (χ1v) is 12.5. The summed E-state index contributed by atoms with van der Waals surface area (Å²) in [7, 11) is -3.49. The first-order chi connectivity index (χ1) is 14.2. The van der Waals surface area contributed by atoms with Crippen LogP contribution in [0.4, 0.5) is 5.13 Å². The maximum atomic E-state index is 12.3. The van der Waals surface area contributed by atoms with Crippen LogP contribution in [0.3, 0.4) is 0 Å². The van der Waals surface area contributed by atoms with Gasteiger partial charge < -0.3 is 15.8 Å². The molecule has 0 saturated heterocycles. The summed E-state index contributed by atoms with van der Waals surface area (Å²) < 4.78 is 29.1. The molecule has 1 amide bonds. The molecule has 0 fully saturated rings. The van der Waals surface area contributed by atoms with Gasteiger partial charge in [0.25, 0.3) is 0 Å². The Morgan fingerprint density at radius 1 is 1.32 bits per heavy atom. The lowest BCUT2D eigenvalue weighted by molar-refractivity contribution is -0.156. The number of hydrogen-bond donors (Lipinski definition) is 2. The standard InChI is InChI=1S/C20H26ClN3O5S2/c1-11-17(12-6-7-13(21)15(10-12)31(5,27)28)30-19(23-11)24-16(25)9-8-14(22)18(26)29-20(2,3)4/h6-7,10,14H,8-9,22H2,1-5H3,(H,23,24,25). The maximum absolute atomic E-state index is 12.3. The van der Waals surface area contributed by atoms with Gasteiger partial charge in [-0.3, -0.25) is 9.59 Å². The average molecular weight is 488 g/mol. The van der Waals surface area contributed by atoms with Gasteiger partial charge in [0.05, 0.1) is 20.5 Å². The zero-order valence-electron chi connectivity index (χ0n) is 18.0. The molecule has 31 heavy (non-hydrogen) atoms. The molecule has 11 heteroatoms. The van der Waals surface area contributed by atoms with Crippen LogP contribution < -0.4 is 11.1 Å². The SMILES string of the molecule is Cc1nc(NC(=O)CCC(N)C(=O)OC(C)(C)C)sc1-c1ccc(Cl)c(S(C)(=O)=O)c1. The first kappa shape index (κ1) is 25.3. The number of aryl methyl sites for hydroxylation is 1. The monoisotopic (exact) mass is 487 g/mol. The minimum atomic E-state index is -3.49. The van der Waals surface area contributed by atoms with Gasteiger partial charge >= 0.3 is 5.97 Å². The number of sulfone groups is 1. The van der Waals surface area contributed by atoms with Crippen molar-refractivity contribution < 1.29 is 22.7 Å². The van der Waals surface area contributed by atoms with Crippen molar-refractivity contribution in [3.63, 3.8) is 0 Å². The maximum Gasteiger partial charge on any atom is 0.323 e. The van der Waals surface area contributed by atoms with E-state index in [0.717, 1.165) is 6.26 Å². The third-order valence-corrected chi connectivity index (χ3v) is 6.73. The molecule has 0 bridgehead atoms. The predicted molar refractivity (Wildman–Crippen MR) is 122 cm³/mol. The van der Waals surface area contributed by atoms with Crippen LogP contribution in [0.2, 0.25) is 5.02 Å². The molecule has 1 aromatic carbocycles. The van der Waals surface area contributed by atoms with E-state index in [9.17, 15) is 18.0 Å². The van der Waals surface area contributed by atoms with Gasteiger partial charge in [-0.1, -0.05) is 29.0 Å². The fourth-order valence-corrected chi connectivity index (χ4v) is 4.89. The van der Waals surface area contributed by atoms with E-state index in [1.165, 1.54) is 23.5 Å². The summed E-state index contributed by atoms with van der Waals surface area (Å²) in [6.07, 6.45) is 1.24.